The van der Waals surface area contributed by atoms with Gasteiger partial charge in [-0.1, -0.05) is 0 Å². The molecular formula is C15H29N3O. The molecule has 0 unspecified atom stereocenters. The van der Waals surface area contributed by atoms with Crippen molar-refractivity contribution in [2.24, 2.45) is 0 Å². The van der Waals surface area contributed by atoms with Crippen molar-refractivity contribution in [3.63, 3.8) is 0 Å². The lowest BCUT2D eigenvalue weighted by Crippen LogP contribution is -2.59. The highest BCUT2D eigenvalue weighted by atomic mass is 16.5. The topological polar surface area (TPSA) is 27.7 Å². The Morgan fingerprint density at radius 3 is 2.47 bits per heavy atom. The molecule has 4 nitrogen and oxygen atoms in total. The van der Waals surface area contributed by atoms with Crippen LogP contribution in [0.4, 0.5) is 0 Å². The Labute approximate surface area is 117 Å². The van der Waals surface area contributed by atoms with E-state index in [2.05, 4.69) is 21.7 Å². The first-order chi connectivity index (χ1) is 8.94. The Morgan fingerprint density at radius 1 is 1.26 bits per heavy atom. The average molecular weight is 267 g/mol. The Hall–Kier alpha value is -0.740. The Bertz CT molecular complexity index is 299. The van der Waals surface area contributed by atoms with E-state index >= 15 is 0 Å². The van der Waals surface area contributed by atoms with Gasteiger partial charge in [0.1, 0.15) is 5.60 Å². The van der Waals surface area contributed by atoms with E-state index in [4.69, 9.17) is 4.74 Å². The maximum absolute atomic E-state index is 5.64. The van der Waals surface area contributed by atoms with Crippen molar-refractivity contribution in [1.82, 2.24) is 15.1 Å². The lowest BCUT2D eigenvalue weighted by molar-refractivity contribution is 0.0329. The van der Waals surface area contributed by atoms with Crippen LogP contribution >= 0.6 is 0 Å². The normalized spacial score (nSPS) is 22.3. The first-order valence-electron chi connectivity index (χ1n) is 7.52. The standard InChI is InChI=1S/C15H29N3O/c1-13(19-15(2,3)4)16-7-10-17-11-14(12-17)18-8-5-6-9-18/h14,16H,1,5-12H2,2-4H3. The monoisotopic (exact) mass is 267 g/mol. The highest BCUT2D eigenvalue weighted by molar-refractivity contribution is 4.91. The summed E-state index contributed by atoms with van der Waals surface area (Å²) in [5.74, 6) is 0.684. The molecule has 2 aliphatic heterocycles. The lowest BCUT2D eigenvalue weighted by atomic mass is 10.1. The molecule has 0 aromatic heterocycles. The summed E-state index contributed by atoms with van der Waals surface area (Å²) in [4.78, 5) is 5.14. The van der Waals surface area contributed by atoms with E-state index in [-0.39, 0.29) is 5.60 Å². The van der Waals surface area contributed by atoms with E-state index in [0.717, 1.165) is 19.1 Å². The zero-order chi connectivity index (χ0) is 13.9. The van der Waals surface area contributed by atoms with Gasteiger partial charge in [0, 0.05) is 32.2 Å². The maximum atomic E-state index is 5.64. The molecule has 0 bridgehead atoms. The maximum Gasteiger partial charge on any atom is 0.179 e. The van der Waals surface area contributed by atoms with Crippen LogP contribution in [0.5, 0.6) is 0 Å². The van der Waals surface area contributed by atoms with Crippen molar-refractivity contribution in [3.8, 4) is 0 Å². The minimum Gasteiger partial charge on any atom is -0.474 e. The predicted molar refractivity (Wildman–Crippen MR) is 79.0 cm³/mol. The second-order valence-corrected chi connectivity index (χ2v) is 6.72. The van der Waals surface area contributed by atoms with Gasteiger partial charge in [0.05, 0.1) is 0 Å². The number of hydrogen-bond donors (Lipinski definition) is 1. The Morgan fingerprint density at radius 2 is 1.89 bits per heavy atom. The molecule has 4 heteroatoms. The van der Waals surface area contributed by atoms with Crippen molar-refractivity contribution in [2.75, 3.05) is 39.3 Å². The van der Waals surface area contributed by atoms with Crippen LogP contribution in [0.2, 0.25) is 0 Å². The summed E-state index contributed by atoms with van der Waals surface area (Å²) in [5, 5.41) is 3.25. The molecule has 19 heavy (non-hydrogen) atoms. The van der Waals surface area contributed by atoms with Gasteiger partial charge in [-0.15, -0.1) is 0 Å². The lowest BCUT2D eigenvalue weighted by Gasteiger charge is -2.44. The second-order valence-electron chi connectivity index (χ2n) is 6.72. The van der Waals surface area contributed by atoms with Crippen LogP contribution in [0.1, 0.15) is 33.6 Å². The van der Waals surface area contributed by atoms with Gasteiger partial charge in [0.15, 0.2) is 5.88 Å². The Kier molecular flexibility index (Phi) is 4.74. The van der Waals surface area contributed by atoms with Gasteiger partial charge in [0.25, 0.3) is 0 Å². The second kappa shape index (κ2) is 6.14. The smallest absolute Gasteiger partial charge is 0.179 e. The van der Waals surface area contributed by atoms with E-state index < -0.39 is 0 Å². The zero-order valence-electron chi connectivity index (χ0n) is 12.7. The molecular weight excluding hydrogens is 238 g/mol. The summed E-state index contributed by atoms with van der Waals surface area (Å²) in [6.45, 7) is 17.1. The van der Waals surface area contributed by atoms with Gasteiger partial charge in [-0.3, -0.25) is 9.80 Å². The van der Waals surface area contributed by atoms with Gasteiger partial charge in [0.2, 0.25) is 0 Å². The molecule has 2 fully saturated rings. The SMILES string of the molecule is C=C(NCCN1CC(N2CCCC2)C1)OC(C)(C)C. The fourth-order valence-electron chi connectivity index (χ4n) is 2.82. The fourth-order valence-corrected chi connectivity index (χ4v) is 2.82. The largest absolute Gasteiger partial charge is 0.474 e. The molecule has 2 heterocycles. The number of nitrogens with one attached hydrogen (secondary N) is 1. The van der Waals surface area contributed by atoms with Gasteiger partial charge >= 0.3 is 0 Å². The third kappa shape index (κ3) is 4.69. The number of hydrogen-bond acceptors (Lipinski definition) is 4. The van der Waals surface area contributed by atoms with Crippen LogP contribution in [0, 0.1) is 0 Å². The van der Waals surface area contributed by atoms with Crippen molar-refractivity contribution >= 4 is 0 Å². The van der Waals surface area contributed by atoms with E-state index in [1.165, 1.54) is 39.0 Å². The third-order valence-electron chi connectivity index (χ3n) is 3.77. The molecule has 0 radical (unpaired) electrons. The molecule has 0 aromatic rings. The van der Waals surface area contributed by atoms with Crippen LogP contribution in [0.3, 0.4) is 0 Å². The minimum absolute atomic E-state index is 0.165. The quantitative estimate of drug-likeness (QED) is 0.741. The van der Waals surface area contributed by atoms with E-state index in [9.17, 15) is 0 Å². The molecule has 2 aliphatic rings. The molecule has 0 saturated carbocycles. The molecule has 0 amide bonds. The van der Waals surface area contributed by atoms with Crippen LogP contribution < -0.4 is 5.32 Å². The van der Waals surface area contributed by atoms with Crippen molar-refractivity contribution < 1.29 is 4.74 Å². The first-order valence-corrected chi connectivity index (χ1v) is 7.52. The summed E-state index contributed by atoms with van der Waals surface area (Å²) in [5.41, 5.74) is -0.165. The number of ether oxygens (including phenoxy) is 1. The van der Waals surface area contributed by atoms with Gasteiger partial charge in [-0.25, -0.2) is 0 Å². The molecule has 2 rings (SSSR count). The highest BCUT2D eigenvalue weighted by Gasteiger charge is 2.32. The number of rotatable bonds is 6. The molecule has 1 N–H and O–H groups in total. The zero-order valence-corrected chi connectivity index (χ0v) is 12.7. The van der Waals surface area contributed by atoms with Crippen LogP contribution in [-0.2, 0) is 4.74 Å². The Balaban J connectivity index is 1.52. The van der Waals surface area contributed by atoms with Crippen LogP contribution in [-0.4, -0.2) is 60.7 Å². The first kappa shape index (κ1) is 14.7. The van der Waals surface area contributed by atoms with Crippen LogP contribution in [0.25, 0.3) is 0 Å². The third-order valence-corrected chi connectivity index (χ3v) is 3.77. The van der Waals surface area contributed by atoms with Gasteiger partial charge < -0.3 is 10.1 Å². The molecule has 0 aliphatic carbocycles. The molecule has 0 spiro atoms. The summed E-state index contributed by atoms with van der Waals surface area (Å²) < 4.78 is 5.64. The number of likely N-dealkylation sites (tertiary alicyclic amines) is 2. The van der Waals surface area contributed by atoms with Gasteiger partial charge in [-0.2, -0.15) is 0 Å². The molecule has 110 valence electrons. The molecule has 2 saturated heterocycles. The van der Waals surface area contributed by atoms with Crippen LogP contribution in [0.15, 0.2) is 12.5 Å². The summed E-state index contributed by atoms with van der Waals surface area (Å²) in [6.07, 6.45) is 2.78. The predicted octanol–water partition coefficient (Wildman–Crippen LogP) is 1.64. The number of nitrogens with zero attached hydrogens (tertiary/aromatic N) is 2. The highest BCUT2D eigenvalue weighted by Crippen LogP contribution is 2.19. The summed E-state index contributed by atoms with van der Waals surface area (Å²) in [6, 6.07) is 0.816. The van der Waals surface area contributed by atoms with Crippen molar-refractivity contribution in [2.45, 2.75) is 45.3 Å². The van der Waals surface area contributed by atoms with Gasteiger partial charge in [-0.05, 0) is 53.3 Å². The van der Waals surface area contributed by atoms with E-state index in [1.807, 2.05) is 20.8 Å². The minimum atomic E-state index is -0.165. The summed E-state index contributed by atoms with van der Waals surface area (Å²) in [7, 11) is 0. The van der Waals surface area contributed by atoms with E-state index in [1.54, 1.807) is 0 Å². The molecule has 0 atom stereocenters. The van der Waals surface area contributed by atoms with Crippen molar-refractivity contribution in [1.29, 1.82) is 0 Å². The summed E-state index contributed by atoms with van der Waals surface area (Å²) >= 11 is 0. The molecule has 0 aromatic carbocycles. The fraction of sp³-hybridized carbons (Fsp3) is 0.867. The van der Waals surface area contributed by atoms with E-state index in [0.29, 0.717) is 5.88 Å². The van der Waals surface area contributed by atoms with Crippen molar-refractivity contribution in [3.05, 3.63) is 12.5 Å². The average Bonchev–Trinajstić information content (AvgIpc) is 2.71.